The fraction of sp³-hybridized carbons (Fsp3) is 0. The van der Waals surface area contributed by atoms with Crippen molar-refractivity contribution in [2.75, 3.05) is 5.73 Å². The van der Waals surface area contributed by atoms with Crippen LogP contribution in [-0.4, -0.2) is 0 Å². The number of diazo groups is 1. The summed E-state index contributed by atoms with van der Waals surface area (Å²) >= 11 is 0. The molecule has 0 aliphatic rings. The molecule has 1 aromatic rings. The van der Waals surface area contributed by atoms with Crippen molar-refractivity contribution in [1.82, 2.24) is 0 Å². The van der Waals surface area contributed by atoms with E-state index < -0.39 is 0 Å². The minimum atomic E-state index is 0. The topological polar surface area (TPSA) is 54.2 Å². The van der Waals surface area contributed by atoms with Crippen molar-refractivity contribution in [2.45, 2.75) is 0 Å². The predicted octanol–water partition coefficient (Wildman–Crippen LogP) is 2.20. The Morgan fingerprint density at radius 3 is 2.10 bits per heavy atom. The van der Waals surface area contributed by atoms with Gasteiger partial charge < -0.3 is 13.2 Å². The van der Waals surface area contributed by atoms with E-state index in [9.17, 15) is 0 Å². The van der Waals surface area contributed by atoms with Gasteiger partial charge in [0.05, 0.1) is 0 Å². The van der Waals surface area contributed by atoms with E-state index in [0.29, 0.717) is 11.4 Å². The predicted molar refractivity (Wildman–Crippen MR) is 42.0 cm³/mol. The second-order valence-corrected chi connectivity index (χ2v) is 1.69. The molecule has 0 saturated carbocycles. The fourth-order valence-corrected chi connectivity index (χ4v) is 0.541. The van der Waals surface area contributed by atoms with Gasteiger partial charge in [0, 0.05) is 17.8 Å². The fourth-order valence-electron chi connectivity index (χ4n) is 0.541. The van der Waals surface area contributed by atoms with E-state index >= 15 is 0 Å². The molecule has 0 atom stereocenters. The molecule has 0 saturated heterocycles. The van der Waals surface area contributed by atoms with Crippen molar-refractivity contribution in [3.8, 4) is 0 Å². The lowest BCUT2D eigenvalue weighted by molar-refractivity contribution is 1.46. The summed E-state index contributed by atoms with van der Waals surface area (Å²) in [5.74, 6) is 0. The van der Waals surface area contributed by atoms with Crippen molar-refractivity contribution in [3.05, 3.63) is 36.7 Å². The summed E-state index contributed by atoms with van der Waals surface area (Å²) in [6.07, 6.45) is 0. The van der Waals surface area contributed by atoms with E-state index in [1.165, 1.54) is 0 Å². The molecule has 0 radical (unpaired) electrons. The molecule has 0 spiro atoms. The van der Waals surface area contributed by atoms with Crippen LogP contribution in [0, 0.1) is 12.8 Å². The standard InChI is InChI=1S/C6H6N3.CH3/c7-5-1-3-6(9-8)4-2-5;/h1-4H,7H2;1H3/q+1;-1. The molecule has 0 aromatic heterocycles. The summed E-state index contributed by atoms with van der Waals surface area (Å²) < 4.78 is 0. The molecule has 0 aliphatic carbocycles. The Morgan fingerprint density at radius 1 is 1.20 bits per heavy atom. The number of nitrogens with zero attached hydrogens (tertiary/aromatic N) is 2. The number of hydrogen-bond donors (Lipinski definition) is 1. The first kappa shape index (κ1) is 8.44. The summed E-state index contributed by atoms with van der Waals surface area (Å²) in [7, 11) is 0. The number of nitrogen functional groups attached to an aromatic ring is 1. The van der Waals surface area contributed by atoms with Crippen LogP contribution in [0.1, 0.15) is 0 Å². The Hall–Kier alpha value is -1.56. The zero-order chi connectivity index (χ0) is 6.69. The lowest BCUT2D eigenvalue weighted by atomic mass is 10.3. The molecule has 0 bridgehead atoms. The van der Waals surface area contributed by atoms with Crippen molar-refractivity contribution in [2.24, 2.45) is 0 Å². The van der Waals surface area contributed by atoms with Gasteiger partial charge in [-0.1, -0.05) is 0 Å². The van der Waals surface area contributed by atoms with Gasteiger partial charge in [0.2, 0.25) is 5.39 Å². The Labute approximate surface area is 60.1 Å². The van der Waals surface area contributed by atoms with Crippen LogP contribution in [0.3, 0.4) is 0 Å². The SMILES string of the molecule is N#[N+]c1ccc(N)cc1.[CH3-]. The second kappa shape index (κ2) is 3.46. The number of hydrogen-bond acceptors (Lipinski definition) is 2. The van der Waals surface area contributed by atoms with E-state index in [-0.39, 0.29) is 7.43 Å². The summed E-state index contributed by atoms with van der Waals surface area (Å²) in [4.78, 5) is 2.96. The molecule has 2 N–H and O–H groups in total. The van der Waals surface area contributed by atoms with E-state index in [1.54, 1.807) is 24.3 Å². The molecule has 1 aromatic carbocycles. The lowest BCUT2D eigenvalue weighted by Crippen LogP contribution is -1.80. The average molecular weight is 135 g/mol. The Morgan fingerprint density at radius 2 is 1.70 bits per heavy atom. The summed E-state index contributed by atoms with van der Waals surface area (Å²) in [5, 5.41) is 8.21. The summed E-state index contributed by atoms with van der Waals surface area (Å²) in [5.41, 5.74) is 6.54. The third kappa shape index (κ3) is 1.75. The molecule has 10 heavy (non-hydrogen) atoms. The van der Waals surface area contributed by atoms with Gasteiger partial charge >= 0.3 is 5.69 Å². The first-order valence-corrected chi connectivity index (χ1v) is 2.53. The van der Waals surface area contributed by atoms with Gasteiger partial charge in [-0.15, -0.1) is 0 Å². The minimum Gasteiger partial charge on any atom is -0.399 e. The van der Waals surface area contributed by atoms with Gasteiger partial charge in [0.1, 0.15) is 0 Å². The Bertz CT molecular complexity index is 232. The quantitative estimate of drug-likeness (QED) is 0.337. The highest BCUT2D eigenvalue weighted by molar-refractivity contribution is 5.51. The molecule has 0 heterocycles. The normalized spacial score (nSPS) is 7.50. The third-order valence-corrected chi connectivity index (χ3v) is 1.01. The number of benzene rings is 1. The zero-order valence-corrected chi connectivity index (χ0v) is 5.78. The number of rotatable bonds is 0. The second-order valence-electron chi connectivity index (χ2n) is 1.69. The maximum absolute atomic E-state index is 8.21. The van der Waals surface area contributed by atoms with Crippen LogP contribution in [-0.2, 0) is 0 Å². The summed E-state index contributed by atoms with van der Waals surface area (Å²) in [6.45, 7) is 0. The summed E-state index contributed by atoms with van der Waals surface area (Å²) in [6, 6.07) is 6.62. The molecule has 3 nitrogen and oxygen atoms in total. The highest BCUT2D eigenvalue weighted by Gasteiger charge is 1.99. The van der Waals surface area contributed by atoms with Gasteiger partial charge in [-0.05, 0) is 12.1 Å². The number of anilines is 1. The maximum Gasteiger partial charge on any atom is 0.385 e. The van der Waals surface area contributed by atoms with E-state index in [0.717, 1.165) is 0 Å². The first-order chi connectivity index (χ1) is 4.33. The van der Waals surface area contributed by atoms with Crippen LogP contribution in [0.25, 0.3) is 4.98 Å². The monoisotopic (exact) mass is 135 g/mol. The zero-order valence-electron chi connectivity index (χ0n) is 5.78. The third-order valence-electron chi connectivity index (χ3n) is 1.01. The van der Waals surface area contributed by atoms with Crippen molar-refractivity contribution in [3.63, 3.8) is 0 Å². The van der Waals surface area contributed by atoms with Crippen LogP contribution in [0.4, 0.5) is 11.4 Å². The van der Waals surface area contributed by atoms with Crippen molar-refractivity contribution < 1.29 is 0 Å². The van der Waals surface area contributed by atoms with E-state index in [4.69, 9.17) is 11.1 Å². The molecular weight excluding hydrogens is 126 g/mol. The van der Waals surface area contributed by atoms with Gasteiger partial charge in [-0.3, -0.25) is 0 Å². The Balaban J connectivity index is 0.000000810. The van der Waals surface area contributed by atoms with Gasteiger partial charge in [0.25, 0.3) is 0 Å². The van der Waals surface area contributed by atoms with Crippen molar-refractivity contribution in [1.29, 1.82) is 5.39 Å². The van der Waals surface area contributed by atoms with Crippen LogP contribution in [0.15, 0.2) is 24.3 Å². The van der Waals surface area contributed by atoms with Crippen molar-refractivity contribution >= 4 is 11.4 Å². The highest BCUT2D eigenvalue weighted by atomic mass is 14.8. The smallest absolute Gasteiger partial charge is 0.385 e. The first-order valence-electron chi connectivity index (χ1n) is 2.53. The number of nitrogens with two attached hydrogens (primary N) is 1. The van der Waals surface area contributed by atoms with Crippen LogP contribution in [0.2, 0.25) is 0 Å². The molecule has 52 valence electrons. The van der Waals surface area contributed by atoms with Crippen LogP contribution in [0.5, 0.6) is 0 Å². The molecule has 1 rings (SSSR count). The highest BCUT2D eigenvalue weighted by Crippen LogP contribution is 2.12. The molecule has 0 unspecified atom stereocenters. The average Bonchev–Trinajstić information content (AvgIpc) is 1.90. The van der Waals surface area contributed by atoms with Gasteiger partial charge in [-0.2, -0.15) is 0 Å². The molecular formula is C7H9N3. The molecule has 0 aliphatic heterocycles. The molecule has 0 amide bonds. The maximum atomic E-state index is 8.21. The van der Waals surface area contributed by atoms with E-state index in [1.807, 2.05) is 0 Å². The Kier molecular flexibility index (Phi) is 2.92. The van der Waals surface area contributed by atoms with Gasteiger partial charge in [0.15, 0.2) is 4.98 Å². The van der Waals surface area contributed by atoms with Crippen LogP contribution < -0.4 is 5.73 Å². The molecule has 0 fully saturated rings. The van der Waals surface area contributed by atoms with E-state index in [2.05, 4.69) is 4.98 Å². The van der Waals surface area contributed by atoms with Gasteiger partial charge in [-0.25, -0.2) is 0 Å². The lowest BCUT2D eigenvalue weighted by Gasteiger charge is -1.82. The minimum absolute atomic E-state index is 0. The van der Waals surface area contributed by atoms with Crippen LogP contribution >= 0.6 is 0 Å². The largest absolute Gasteiger partial charge is 0.399 e. The molecule has 3 heteroatoms.